The molecule has 0 saturated heterocycles. The van der Waals surface area contributed by atoms with Crippen molar-refractivity contribution in [3.63, 3.8) is 0 Å². The van der Waals surface area contributed by atoms with Gasteiger partial charge in [0.2, 0.25) is 0 Å². The number of halogens is 1. The van der Waals surface area contributed by atoms with Crippen LogP contribution in [0.15, 0.2) is 24.4 Å². The molecule has 0 N–H and O–H groups in total. The Morgan fingerprint density at radius 3 is 2.92 bits per heavy atom. The molecule has 0 aliphatic heterocycles. The van der Waals surface area contributed by atoms with E-state index in [2.05, 4.69) is 4.98 Å². The molecule has 3 heteroatoms. The lowest BCUT2D eigenvalue weighted by molar-refractivity contribution is 1.23. The molecular weight excluding hydrogens is 184 g/mol. The maximum atomic E-state index is 8.52. The molecule has 0 saturated carbocycles. The molecule has 0 unspecified atom stereocenters. The van der Waals surface area contributed by atoms with Crippen LogP contribution in [-0.2, 0) is 0 Å². The fourth-order valence-corrected chi connectivity index (χ4v) is 0.963. The largest absolute Gasteiger partial charge is 0.256 e. The summed E-state index contributed by atoms with van der Waals surface area (Å²) in [6, 6.07) is 5.57. The van der Waals surface area contributed by atoms with Gasteiger partial charge in [-0.2, -0.15) is 5.26 Å². The van der Waals surface area contributed by atoms with Gasteiger partial charge in [-0.15, -0.1) is 11.6 Å². The van der Waals surface area contributed by atoms with E-state index in [1.165, 1.54) is 0 Å². The van der Waals surface area contributed by atoms with Crippen molar-refractivity contribution in [1.82, 2.24) is 4.98 Å². The average molecular weight is 193 g/mol. The third kappa shape index (κ3) is 3.27. The predicted molar refractivity (Wildman–Crippen MR) is 53.3 cm³/mol. The molecule has 0 atom stereocenters. The maximum Gasteiger partial charge on any atom is 0.101 e. The summed E-state index contributed by atoms with van der Waals surface area (Å²) in [5, 5.41) is 8.52. The Balaban J connectivity index is 2.65. The molecule has 0 aliphatic rings. The van der Waals surface area contributed by atoms with Gasteiger partial charge in [-0.3, -0.25) is 4.98 Å². The standard InChI is InChI=1S/C10H9ClN2/c11-6-2-1-3-10-5-4-9(7-12)8-13-10/h1,3-5,8H,2,6H2. The van der Waals surface area contributed by atoms with E-state index in [1.54, 1.807) is 12.3 Å². The second kappa shape index (κ2) is 5.34. The van der Waals surface area contributed by atoms with E-state index in [-0.39, 0.29) is 0 Å². The van der Waals surface area contributed by atoms with Gasteiger partial charge in [0.15, 0.2) is 0 Å². The van der Waals surface area contributed by atoms with E-state index in [9.17, 15) is 0 Å². The van der Waals surface area contributed by atoms with Gasteiger partial charge in [-0.25, -0.2) is 0 Å². The van der Waals surface area contributed by atoms with Crippen molar-refractivity contribution in [1.29, 1.82) is 5.26 Å². The smallest absolute Gasteiger partial charge is 0.101 e. The highest BCUT2D eigenvalue weighted by molar-refractivity contribution is 6.17. The van der Waals surface area contributed by atoms with E-state index in [0.29, 0.717) is 11.4 Å². The molecule has 66 valence electrons. The third-order valence-corrected chi connectivity index (χ3v) is 1.70. The zero-order valence-corrected chi connectivity index (χ0v) is 7.83. The Hall–Kier alpha value is -1.33. The van der Waals surface area contributed by atoms with Gasteiger partial charge in [0, 0.05) is 12.1 Å². The van der Waals surface area contributed by atoms with Gasteiger partial charge < -0.3 is 0 Å². The molecule has 0 amide bonds. The van der Waals surface area contributed by atoms with Gasteiger partial charge in [-0.05, 0) is 24.6 Å². The summed E-state index contributed by atoms with van der Waals surface area (Å²) in [5.74, 6) is 0.618. The Bertz CT molecular complexity index is 322. The van der Waals surface area contributed by atoms with Gasteiger partial charge in [-0.1, -0.05) is 6.08 Å². The summed E-state index contributed by atoms with van der Waals surface area (Å²) < 4.78 is 0. The van der Waals surface area contributed by atoms with Crippen molar-refractivity contribution >= 4 is 17.7 Å². The highest BCUT2D eigenvalue weighted by Crippen LogP contribution is 2.01. The van der Waals surface area contributed by atoms with Crippen molar-refractivity contribution < 1.29 is 0 Å². The monoisotopic (exact) mass is 192 g/mol. The van der Waals surface area contributed by atoms with Crippen LogP contribution in [-0.4, -0.2) is 10.9 Å². The van der Waals surface area contributed by atoms with E-state index in [0.717, 1.165) is 12.1 Å². The zero-order chi connectivity index (χ0) is 9.52. The number of hydrogen-bond donors (Lipinski definition) is 0. The lowest BCUT2D eigenvalue weighted by Crippen LogP contribution is -1.81. The summed E-state index contributed by atoms with van der Waals surface area (Å²) in [4.78, 5) is 4.07. The van der Waals surface area contributed by atoms with Gasteiger partial charge >= 0.3 is 0 Å². The van der Waals surface area contributed by atoms with Gasteiger partial charge in [0.1, 0.15) is 6.07 Å². The van der Waals surface area contributed by atoms with Gasteiger partial charge in [0.05, 0.1) is 11.3 Å². The summed E-state index contributed by atoms with van der Waals surface area (Å²) in [6.45, 7) is 0. The molecule has 13 heavy (non-hydrogen) atoms. The van der Waals surface area contributed by atoms with Crippen molar-refractivity contribution in [3.05, 3.63) is 35.7 Å². The first kappa shape index (κ1) is 9.76. The van der Waals surface area contributed by atoms with E-state index >= 15 is 0 Å². The van der Waals surface area contributed by atoms with Crippen molar-refractivity contribution in [2.24, 2.45) is 0 Å². The molecule has 0 aliphatic carbocycles. The van der Waals surface area contributed by atoms with Crippen LogP contribution in [0.1, 0.15) is 17.7 Å². The first-order chi connectivity index (χ1) is 6.36. The lowest BCUT2D eigenvalue weighted by Gasteiger charge is -1.91. The van der Waals surface area contributed by atoms with Crippen LogP contribution in [0.25, 0.3) is 6.08 Å². The molecule has 0 bridgehead atoms. The topological polar surface area (TPSA) is 36.7 Å². The predicted octanol–water partition coefficient (Wildman–Crippen LogP) is 2.60. The molecule has 0 spiro atoms. The number of pyridine rings is 1. The minimum Gasteiger partial charge on any atom is -0.256 e. The van der Waals surface area contributed by atoms with E-state index in [1.807, 2.05) is 24.3 Å². The van der Waals surface area contributed by atoms with Crippen LogP contribution in [0.4, 0.5) is 0 Å². The van der Waals surface area contributed by atoms with Crippen LogP contribution >= 0.6 is 11.6 Å². The molecule has 1 aromatic heterocycles. The van der Waals surface area contributed by atoms with Crippen LogP contribution in [0, 0.1) is 11.3 Å². The number of nitrogens with zero attached hydrogens (tertiary/aromatic N) is 2. The van der Waals surface area contributed by atoms with Crippen molar-refractivity contribution in [2.75, 3.05) is 5.88 Å². The molecule has 0 radical (unpaired) electrons. The SMILES string of the molecule is N#Cc1ccc(C=CCCCl)nc1. The number of hydrogen-bond acceptors (Lipinski definition) is 2. The number of alkyl halides is 1. The number of rotatable bonds is 3. The molecular formula is C10H9ClN2. The molecule has 1 heterocycles. The van der Waals surface area contributed by atoms with Gasteiger partial charge in [0.25, 0.3) is 0 Å². The first-order valence-corrected chi connectivity index (χ1v) is 4.49. The summed E-state index contributed by atoms with van der Waals surface area (Å²) in [7, 11) is 0. The summed E-state index contributed by atoms with van der Waals surface area (Å²) in [5.41, 5.74) is 1.43. The first-order valence-electron chi connectivity index (χ1n) is 3.95. The normalized spacial score (nSPS) is 10.2. The second-order valence-corrected chi connectivity index (χ2v) is 2.84. The average Bonchev–Trinajstić information content (AvgIpc) is 2.19. The van der Waals surface area contributed by atoms with Crippen LogP contribution in [0.2, 0.25) is 0 Å². The third-order valence-electron chi connectivity index (χ3n) is 1.48. The maximum absolute atomic E-state index is 8.52. The van der Waals surface area contributed by atoms with E-state index in [4.69, 9.17) is 16.9 Å². The molecule has 1 rings (SSSR count). The quantitative estimate of drug-likeness (QED) is 0.691. The number of allylic oxidation sites excluding steroid dienone is 1. The Kier molecular flexibility index (Phi) is 4.01. The summed E-state index contributed by atoms with van der Waals surface area (Å²) >= 11 is 5.50. The van der Waals surface area contributed by atoms with Crippen molar-refractivity contribution in [3.8, 4) is 6.07 Å². The highest BCUT2D eigenvalue weighted by atomic mass is 35.5. The van der Waals surface area contributed by atoms with Crippen LogP contribution in [0.5, 0.6) is 0 Å². The second-order valence-electron chi connectivity index (χ2n) is 2.46. The summed E-state index contributed by atoms with van der Waals surface area (Å²) in [6.07, 6.45) is 6.24. The minimum atomic E-state index is 0.578. The minimum absolute atomic E-state index is 0.578. The van der Waals surface area contributed by atoms with Crippen molar-refractivity contribution in [2.45, 2.75) is 6.42 Å². The highest BCUT2D eigenvalue weighted by Gasteiger charge is 1.89. The van der Waals surface area contributed by atoms with Crippen LogP contribution < -0.4 is 0 Å². The zero-order valence-electron chi connectivity index (χ0n) is 7.07. The Morgan fingerprint density at radius 2 is 2.38 bits per heavy atom. The lowest BCUT2D eigenvalue weighted by atomic mass is 10.2. The molecule has 0 fully saturated rings. The Labute approximate surface area is 82.5 Å². The number of aromatic nitrogens is 1. The molecule has 1 aromatic rings. The molecule has 0 aromatic carbocycles. The number of nitriles is 1. The Morgan fingerprint density at radius 1 is 1.54 bits per heavy atom. The van der Waals surface area contributed by atoms with Crippen LogP contribution in [0.3, 0.4) is 0 Å². The molecule has 2 nitrogen and oxygen atoms in total. The fraction of sp³-hybridized carbons (Fsp3) is 0.200. The van der Waals surface area contributed by atoms with E-state index < -0.39 is 0 Å². The fourth-order valence-electron chi connectivity index (χ4n) is 0.837.